The molecule has 6 nitrogen and oxygen atoms in total. The van der Waals surface area contributed by atoms with Gasteiger partial charge in [-0.25, -0.2) is 0 Å². The van der Waals surface area contributed by atoms with E-state index in [9.17, 15) is 4.79 Å². The van der Waals surface area contributed by atoms with Gasteiger partial charge in [-0.15, -0.1) is 10.2 Å². The van der Waals surface area contributed by atoms with Gasteiger partial charge in [0.05, 0.1) is 16.5 Å². The first-order valence-electron chi connectivity index (χ1n) is 9.25. The molecule has 0 aliphatic carbocycles. The van der Waals surface area contributed by atoms with Crippen molar-refractivity contribution in [2.24, 2.45) is 0 Å². The highest BCUT2D eigenvalue weighted by Crippen LogP contribution is 2.29. The summed E-state index contributed by atoms with van der Waals surface area (Å²) in [6.07, 6.45) is 0. The van der Waals surface area contributed by atoms with Gasteiger partial charge < -0.3 is 14.5 Å². The Kier molecular flexibility index (Phi) is 7.64. The summed E-state index contributed by atoms with van der Waals surface area (Å²) in [7, 11) is 0. The first-order chi connectivity index (χ1) is 14.3. The molecule has 3 rings (SSSR count). The number of aromatic nitrogens is 2. The average molecular weight is 466 g/mol. The molecule has 158 valence electrons. The monoisotopic (exact) mass is 465 g/mol. The number of rotatable bonds is 8. The van der Waals surface area contributed by atoms with Crippen molar-refractivity contribution >= 4 is 46.6 Å². The number of benzene rings is 2. The molecule has 0 atom stereocenters. The molecule has 2 aromatic carbocycles. The number of carbonyl (C=O) groups excluding carboxylic acids is 1. The minimum Gasteiger partial charge on any atom is -0.484 e. The molecule has 0 unspecified atom stereocenters. The molecule has 0 radical (unpaired) electrons. The predicted molar refractivity (Wildman–Crippen MR) is 120 cm³/mol. The van der Waals surface area contributed by atoms with Crippen LogP contribution in [0.15, 0.2) is 46.0 Å². The fraction of sp³-hybridized carbons (Fsp3) is 0.286. The zero-order valence-corrected chi connectivity index (χ0v) is 19.1. The summed E-state index contributed by atoms with van der Waals surface area (Å²) in [6, 6.07) is 11.0. The third kappa shape index (κ3) is 6.14. The molecule has 3 aromatic rings. The SMILES string of the molecule is Cc1ccc(C(C)C)c(OCc2nnc(SCC(=O)Nc3ccc(Cl)cc3Cl)o2)c1. The molecule has 30 heavy (non-hydrogen) atoms. The zero-order valence-electron chi connectivity index (χ0n) is 16.7. The Morgan fingerprint density at radius 2 is 2.00 bits per heavy atom. The second-order valence-corrected chi connectivity index (χ2v) is 8.68. The van der Waals surface area contributed by atoms with E-state index in [0.29, 0.717) is 32.8 Å². The molecule has 0 saturated heterocycles. The maximum Gasteiger partial charge on any atom is 0.277 e. The van der Waals surface area contributed by atoms with Gasteiger partial charge >= 0.3 is 0 Å². The molecule has 0 bridgehead atoms. The molecule has 0 spiro atoms. The Hall–Kier alpha value is -2.22. The van der Waals surface area contributed by atoms with Crippen LogP contribution in [0.1, 0.15) is 36.8 Å². The molecule has 1 heterocycles. The van der Waals surface area contributed by atoms with Crippen LogP contribution in [-0.2, 0) is 11.4 Å². The van der Waals surface area contributed by atoms with Crippen molar-refractivity contribution in [1.82, 2.24) is 10.2 Å². The highest BCUT2D eigenvalue weighted by molar-refractivity contribution is 7.99. The highest BCUT2D eigenvalue weighted by atomic mass is 35.5. The first kappa shape index (κ1) is 22.5. The second kappa shape index (κ2) is 10.2. The smallest absolute Gasteiger partial charge is 0.277 e. The molecule has 1 amide bonds. The van der Waals surface area contributed by atoms with Crippen LogP contribution in [0.4, 0.5) is 5.69 Å². The molecule has 9 heteroatoms. The number of nitrogens with zero attached hydrogens (tertiary/aromatic N) is 2. The van der Waals surface area contributed by atoms with Crippen LogP contribution in [0, 0.1) is 6.92 Å². The number of hydrogen-bond donors (Lipinski definition) is 1. The number of thioether (sulfide) groups is 1. The fourth-order valence-corrected chi connectivity index (χ4v) is 3.68. The van der Waals surface area contributed by atoms with Gasteiger partial charge in [0.2, 0.25) is 5.91 Å². The molecular weight excluding hydrogens is 445 g/mol. The topological polar surface area (TPSA) is 77.2 Å². The normalized spacial score (nSPS) is 11.0. The van der Waals surface area contributed by atoms with Crippen LogP contribution in [0.2, 0.25) is 10.0 Å². The number of hydrogen-bond acceptors (Lipinski definition) is 6. The third-order valence-corrected chi connectivity index (χ3v) is 5.49. The van der Waals surface area contributed by atoms with E-state index in [4.69, 9.17) is 32.4 Å². The minimum absolute atomic E-state index is 0.0941. The van der Waals surface area contributed by atoms with Crippen LogP contribution in [0.25, 0.3) is 0 Å². The summed E-state index contributed by atoms with van der Waals surface area (Å²) >= 11 is 13.0. The lowest BCUT2D eigenvalue weighted by atomic mass is 10.0. The van der Waals surface area contributed by atoms with Crippen LogP contribution in [0.3, 0.4) is 0 Å². The zero-order chi connectivity index (χ0) is 21.7. The number of carbonyl (C=O) groups is 1. The van der Waals surface area contributed by atoms with Gasteiger partial charge in [0, 0.05) is 5.02 Å². The Morgan fingerprint density at radius 3 is 2.73 bits per heavy atom. The Labute approximate surface area is 189 Å². The quantitative estimate of drug-likeness (QED) is 0.403. The molecule has 1 aromatic heterocycles. The lowest BCUT2D eigenvalue weighted by Gasteiger charge is -2.13. The van der Waals surface area contributed by atoms with Crippen LogP contribution >= 0.6 is 35.0 Å². The van der Waals surface area contributed by atoms with Crippen molar-refractivity contribution < 1.29 is 13.9 Å². The highest BCUT2D eigenvalue weighted by Gasteiger charge is 2.13. The molecular formula is C21H21Cl2N3O3S. The standard InChI is InChI=1S/C21H21Cl2N3O3S/c1-12(2)15-6-4-13(3)8-18(15)28-10-20-25-26-21(29-20)30-11-19(27)24-17-7-5-14(22)9-16(17)23/h4-9,12H,10-11H2,1-3H3,(H,24,27). The molecule has 0 aliphatic heterocycles. The lowest BCUT2D eigenvalue weighted by molar-refractivity contribution is -0.113. The van der Waals surface area contributed by atoms with E-state index in [0.717, 1.165) is 28.6 Å². The van der Waals surface area contributed by atoms with Gasteiger partial charge in [-0.2, -0.15) is 0 Å². The first-order valence-corrected chi connectivity index (χ1v) is 11.0. The minimum atomic E-state index is -0.249. The third-order valence-electron chi connectivity index (χ3n) is 4.12. The van der Waals surface area contributed by atoms with E-state index in [2.05, 4.69) is 41.5 Å². The second-order valence-electron chi connectivity index (χ2n) is 6.91. The van der Waals surface area contributed by atoms with Crippen molar-refractivity contribution in [3.8, 4) is 5.75 Å². The van der Waals surface area contributed by atoms with E-state index in [1.807, 2.05) is 13.0 Å². The van der Waals surface area contributed by atoms with Crippen LogP contribution in [-0.4, -0.2) is 21.9 Å². The number of halogens is 2. The summed E-state index contributed by atoms with van der Waals surface area (Å²) in [5.74, 6) is 1.33. The fourth-order valence-electron chi connectivity index (χ4n) is 2.64. The van der Waals surface area contributed by atoms with Gasteiger partial charge in [-0.3, -0.25) is 4.79 Å². The number of anilines is 1. The molecule has 0 fully saturated rings. The number of ether oxygens (including phenoxy) is 1. The Morgan fingerprint density at radius 1 is 1.20 bits per heavy atom. The van der Waals surface area contributed by atoms with Gasteiger partial charge in [-0.1, -0.05) is 60.9 Å². The van der Waals surface area contributed by atoms with Gasteiger partial charge in [0.25, 0.3) is 11.1 Å². The molecule has 1 N–H and O–H groups in total. The van der Waals surface area contributed by atoms with Crippen molar-refractivity contribution in [3.63, 3.8) is 0 Å². The summed E-state index contributed by atoms with van der Waals surface area (Å²) in [4.78, 5) is 12.1. The number of nitrogens with one attached hydrogen (secondary N) is 1. The van der Waals surface area contributed by atoms with Crippen molar-refractivity contribution in [1.29, 1.82) is 0 Å². The summed E-state index contributed by atoms with van der Waals surface area (Å²) in [6.45, 7) is 6.40. The van der Waals surface area contributed by atoms with Gasteiger partial charge in [-0.05, 0) is 48.2 Å². The summed E-state index contributed by atoms with van der Waals surface area (Å²) in [5.41, 5.74) is 2.72. The molecule has 0 aliphatic rings. The Balaban J connectivity index is 1.53. The van der Waals surface area contributed by atoms with E-state index >= 15 is 0 Å². The van der Waals surface area contributed by atoms with E-state index < -0.39 is 0 Å². The summed E-state index contributed by atoms with van der Waals surface area (Å²) < 4.78 is 11.5. The van der Waals surface area contributed by atoms with Gasteiger partial charge in [0.1, 0.15) is 5.75 Å². The largest absolute Gasteiger partial charge is 0.484 e. The van der Waals surface area contributed by atoms with Crippen molar-refractivity contribution in [3.05, 3.63) is 63.5 Å². The number of amides is 1. The average Bonchev–Trinajstić information content (AvgIpc) is 3.15. The lowest BCUT2D eigenvalue weighted by Crippen LogP contribution is -2.14. The molecule has 0 saturated carbocycles. The van der Waals surface area contributed by atoms with E-state index in [-0.39, 0.29) is 18.3 Å². The van der Waals surface area contributed by atoms with Crippen molar-refractivity contribution in [2.45, 2.75) is 38.5 Å². The van der Waals surface area contributed by atoms with E-state index in [1.165, 1.54) is 0 Å². The van der Waals surface area contributed by atoms with Crippen LogP contribution < -0.4 is 10.1 Å². The van der Waals surface area contributed by atoms with Crippen molar-refractivity contribution in [2.75, 3.05) is 11.1 Å². The summed E-state index contributed by atoms with van der Waals surface area (Å²) in [5, 5.41) is 11.8. The van der Waals surface area contributed by atoms with Gasteiger partial charge in [0.15, 0.2) is 6.61 Å². The predicted octanol–water partition coefficient (Wildman–Crippen LogP) is 6.12. The Bertz CT molecular complexity index is 1040. The maximum atomic E-state index is 12.1. The number of aryl methyl sites for hydroxylation is 1. The van der Waals surface area contributed by atoms with E-state index in [1.54, 1.807) is 18.2 Å². The van der Waals surface area contributed by atoms with Crippen LogP contribution in [0.5, 0.6) is 5.75 Å². The maximum absolute atomic E-state index is 12.1.